The zero-order chi connectivity index (χ0) is 14.4. The third-order valence-electron chi connectivity index (χ3n) is 2.95. The maximum atomic E-state index is 11.3. The summed E-state index contributed by atoms with van der Waals surface area (Å²) in [6, 6.07) is 6.89. The van der Waals surface area contributed by atoms with Gasteiger partial charge in [0.2, 0.25) is 5.91 Å². The SMILES string of the molecule is CC(c1cccc(Cl)c1)N(C)CCC(=O)NC(N)=O. The summed E-state index contributed by atoms with van der Waals surface area (Å²) in [4.78, 5) is 23.8. The van der Waals surface area contributed by atoms with E-state index in [4.69, 9.17) is 17.3 Å². The van der Waals surface area contributed by atoms with Crippen LogP contribution < -0.4 is 11.1 Å². The number of hydrogen-bond acceptors (Lipinski definition) is 3. The second-order valence-corrected chi connectivity index (χ2v) is 4.81. The number of carbonyl (C=O) groups excluding carboxylic acids is 2. The number of benzene rings is 1. The molecule has 0 bridgehead atoms. The van der Waals surface area contributed by atoms with E-state index in [2.05, 4.69) is 0 Å². The van der Waals surface area contributed by atoms with Crippen LogP contribution in [0.3, 0.4) is 0 Å². The van der Waals surface area contributed by atoms with Crippen LogP contribution in [0.1, 0.15) is 24.9 Å². The smallest absolute Gasteiger partial charge is 0.318 e. The molecule has 0 aromatic heterocycles. The van der Waals surface area contributed by atoms with E-state index in [-0.39, 0.29) is 18.4 Å². The lowest BCUT2D eigenvalue weighted by Gasteiger charge is -2.24. The lowest BCUT2D eigenvalue weighted by atomic mass is 10.1. The van der Waals surface area contributed by atoms with Gasteiger partial charge in [0.05, 0.1) is 0 Å². The van der Waals surface area contributed by atoms with Crippen molar-refractivity contribution >= 4 is 23.5 Å². The lowest BCUT2D eigenvalue weighted by Crippen LogP contribution is -2.37. The number of hydrogen-bond donors (Lipinski definition) is 2. The van der Waals surface area contributed by atoms with E-state index >= 15 is 0 Å². The standard InChI is InChI=1S/C13H18ClN3O2/c1-9(10-4-3-5-11(14)8-10)17(2)7-6-12(18)16-13(15)19/h3-5,8-9H,6-7H2,1-2H3,(H3,15,16,18,19). The maximum absolute atomic E-state index is 11.3. The third kappa shape index (κ3) is 5.28. The van der Waals surface area contributed by atoms with Crippen LogP contribution in [0.2, 0.25) is 5.02 Å². The van der Waals surface area contributed by atoms with Crippen molar-refractivity contribution in [2.75, 3.05) is 13.6 Å². The topological polar surface area (TPSA) is 75.4 Å². The normalized spacial score (nSPS) is 12.2. The molecule has 104 valence electrons. The van der Waals surface area contributed by atoms with Gasteiger partial charge in [-0.1, -0.05) is 23.7 Å². The number of primary amides is 1. The zero-order valence-electron chi connectivity index (χ0n) is 11.0. The van der Waals surface area contributed by atoms with Gasteiger partial charge in [0.25, 0.3) is 0 Å². The minimum atomic E-state index is -0.824. The van der Waals surface area contributed by atoms with Crippen molar-refractivity contribution in [3.8, 4) is 0 Å². The van der Waals surface area contributed by atoms with Crippen LogP contribution in [0, 0.1) is 0 Å². The molecular weight excluding hydrogens is 266 g/mol. The molecule has 0 aliphatic carbocycles. The van der Waals surface area contributed by atoms with Crippen LogP contribution in [0.25, 0.3) is 0 Å². The number of imide groups is 1. The molecule has 3 amide bonds. The molecule has 6 heteroatoms. The molecule has 19 heavy (non-hydrogen) atoms. The Balaban J connectivity index is 2.51. The van der Waals surface area contributed by atoms with Gasteiger partial charge in [0, 0.05) is 24.0 Å². The summed E-state index contributed by atoms with van der Waals surface area (Å²) in [5.74, 6) is -0.377. The molecular formula is C13H18ClN3O2. The van der Waals surface area contributed by atoms with Gasteiger partial charge < -0.3 is 5.73 Å². The average Bonchev–Trinajstić information content (AvgIpc) is 2.34. The van der Waals surface area contributed by atoms with Crippen molar-refractivity contribution in [2.24, 2.45) is 5.73 Å². The van der Waals surface area contributed by atoms with E-state index in [9.17, 15) is 9.59 Å². The Kier molecular flexibility index (Phi) is 5.79. The molecule has 1 atom stereocenters. The second kappa shape index (κ2) is 7.11. The van der Waals surface area contributed by atoms with Gasteiger partial charge in [0.1, 0.15) is 0 Å². The Morgan fingerprint density at radius 2 is 2.16 bits per heavy atom. The summed E-state index contributed by atoms with van der Waals surface area (Å²) in [6.07, 6.45) is 0.213. The highest BCUT2D eigenvalue weighted by Crippen LogP contribution is 2.21. The van der Waals surface area contributed by atoms with E-state index in [1.807, 2.05) is 48.5 Å². The van der Waals surface area contributed by atoms with Gasteiger partial charge in [-0.25, -0.2) is 4.79 Å². The highest BCUT2D eigenvalue weighted by atomic mass is 35.5. The number of carbonyl (C=O) groups is 2. The van der Waals surface area contributed by atoms with Crippen molar-refractivity contribution in [2.45, 2.75) is 19.4 Å². The predicted octanol–water partition coefficient (Wildman–Crippen LogP) is 1.92. The largest absolute Gasteiger partial charge is 0.351 e. The number of nitrogens with two attached hydrogens (primary N) is 1. The Morgan fingerprint density at radius 1 is 1.47 bits per heavy atom. The van der Waals surface area contributed by atoms with Gasteiger partial charge in [0.15, 0.2) is 0 Å². The maximum Gasteiger partial charge on any atom is 0.318 e. The molecule has 0 aliphatic heterocycles. The van der Waals surface area contributed by atoms with E-state index in [0.717, 1.165) is 5.56 Å². The van der Waals surface area contributed by atoms with Crippen molar-refractivity contribution in [1.82, 2.24) is 10.2 Å². The molecule has 1 unspecified atom stereocenters. The van der Waals surface area contributed by atoms with Crippen molar-refractivity contribution in [3.05, 3.63) is 34.9 Å². The van der Waals surface area contributed by atoms with Crippen LogP contribution >= 0.6 is 11.6 Å². The number of urea groups is 1. The molecule has 5 nitrogen and oxygen atoms in total. The molecule has 0 radical (unpaired) electrons. The van der Waals surface area contributed by atoms with Crippen LogP contribution in [0.4, 0.5) is 4.79 Å². The number of amides is 3. The molecule has 0 aliphatic rings. The molecule has 0 saturated carbocycles. The lowest BCUT2D eigenvalue weighted by molar-refractivity contribution is -0.120. The fraction of sp³-hybridized carbons (Fsp3) is 0.385. The summed E-state index contributed by atoms with van der Waals surface area (Å²) in [6.45, 7) is 2.55. The minimum Gasteiger partial charge on any atom is -0.351 e. The highest BCUT2D eigenvalue weighted by molar-refractivity contribution is 6.30. The Morgan fingerprint density at radius 3 is 2.74 bits per heavy atom. The quantitative estimate of drug-likeness (QED) is 0.867. The van der Waals surface area contributed by atoms with Gasteiger partial charge in [-0.2, -0.15) is 0 Å². The number of nitrogens with one attached hydrogen (secondary N) is 1. The summed E-state index contributed by atoms with van der Waals surface area (Å²) >= 11 is 5.94. The zero-order valence-corrected chi connectivity index (χ0v) is 11.8. The highest BCUT2D eigenvalue weighted by Gasteiger charge is 2.13. The van der Waals surface area contributed by atoms with Gasteiger partial charge in [-0.15, -0.1) is 0 Å². The fourth-order valence-corrected chi connectivity index (χ4v) is 1.89. The van der Waals surface area contributed by atoms with Crippen LogP contribution in [0.15, 0.2) is 24.3 Å². The number of nitrogens with zero attached hydrogens (tertiary/aromatic N) is 1. The summed E-state index contributed by atoms with van der Waals surface area (Å²) in [7, 11) is 1.91. The van der Waals surface area contributed by atoms with Crippen molar-refractivity contribution < 1.29 is 9.59 Å². The average molecular weight is 284 g/mol. The Labute approximate surface area is 117 Å². The summed E-state index contributed by atoms with van der Waals surface area (Å²) in [5, 5.41) is 2.72. The fourth-order valence-electron chi connectivity index (χ4n) is 1.69. The molecule has 1 rings (SSSR count). The monoisotopic (exact) mass is 283 g/mol. The molecule has 1 aromatic carbocycles. The van der Waals surface area contributed by atoms with Gasteiger partial charge in [-0.05, 0) is 31.7 Å². The van der Waals surface area contributed by atoms with Crippen LogP contribution in [0.5, 0.6) is 0 Å². The molecule has 1 aromatic rings. The molecule has 0 spiro atoms. The molecule has 0 fully saturated rings. The second-order valence-electron chi connectivity index (χ2n) is 4.37. The Bertz CT molecular complexity index is 465. The number of halogens is 1. The minimum absolute atomic E-state index is 0.125. The van der Waals surface area contributed by atoms with E-state index < -0.39 is 6.03 Å². The first-order chi connectivity index (χ1) is 8.90. The van der Waals surface area contributed by atoms with E-state index in [1.165, 1.54) is 0 Å². The molecule has 0 heterocycles. The number of rotatable bonds is 5. The van der Waals surface area contributed by atoms with Crippen LogP contribution in [-0.2, 0) is 4.79 Å². The third-order valence-corrected chi connectivity index (χ3v) is 3.18. The van der Waals surface area contributed by atoms with E-state index in [1.54, 1.807) is 0 Å². The first kappa shape index (κ1) is 15.5. The summed E-state index contributed by atoms with van der Waals surface area (Å²) in [5.41, 5.74) is 5.94. The van der Waals surface area contributed by atoms with E-state index in [0.29, 0.717) is 11.6 Å². The van der Waals surface area contributed by atoms with Gasteiger partial charge in [-0.3, -0.25) is 15.0 Å². The predicted molar refractivity (Wildman–Crippen MR) is 74.8 cm³/mol. The van der Waals surface area contributed by atoms with Crippen molar-refractivity contribution in [3.63, 3.8) is 0 Å². The van der Waals surface area contributed by atoms with Gasteiger partial charge >= 0.3 is 6.03 Å². The van der Waals surface area contributed by atoms with Crippen LogP contribution in [-0.4, -0.2) is 30.4 Å². The first-order valence-electron chi connectivity index (χ1n) is 5.95. The first-order valence-corrected chi connectivity index (χ1v) is 6.33. The Hall–Kier alpha value is -1.59. The van der Waals surface area contributed by atoms with Crippen molar-refractivity contribution in [1.29, 1.82) is 0 Å². The molecule has 3 N–H and O–H groups in total. The molecule has 0 saturated heterocycles. The summed E-state index contributed by atoms with van der Waals surface area (Å²) < 4.78 is 0.